The van der Waals surface area contributed by atoms with Gasteiger partial charge in [-0.05, 0) is 38.0 Å². The van der Waals surface area contributed by atoms with E-state index in [-0.39, 0.29) is 11.6 Å². The van der Waals surface area contributed by atoms with Gasteiger partial charge in [0.25, 0.3) is 0 Å². The van der Waals surface area contributed by atoms with E-state index in [4.69, 9.17) is 9.47 Å². The number of rotatable bonds is 9. The van der Waals surface area contributed by atoms with E-state index in [0.29, 0.717) is 6.54 Å². The largest absolute Gasteiger partial charge is 0.494 e. The van der Waals surface area contributed by atoms with Gasteiger partial charge >= 0.3 is 0 Å². The van der Waals surface area contributed by atoms with Gasteiger partial charge in [-0.15, -0.1) is 0 Å². The predicted octanol–water partition coefficient (Wildman–Crippen LogP) is 2.32. The molecule has 0 unspecified atom stereocenters. The highest BCUT2D eigenvalue weighted by Crippen LogP contribution is 2.17. The Bertz CT molecular complexity index is 467. The van der Waals surface area contributed by atoms with Crippen molar-refractivity contribution in [2.24, 2.45) is 4.99 Å². The van der Waals surface area contributed by atoms with Crippen molar-refractivity contribution in [3.63, 3.8) is 0 Å². The number of nitrogens with one attached hydrogen (secondary N) is 2. The van der Waals surface area contributed by atoms with Crippen molar-refractivity contribution in [3.8, 4) is 5.75 Å². The van der Waals surface area contributed by atoms with E-state index in [9.17, 15) is 4.39 Å². The molecule has 0 fully saturated rings. The zero-order valence-corrected chi connectivity index (χ0v) is 13.6. The molecule has 0 atom stereocenters. The molecule has 1 aromatic carbocycles. The van der Waals surface area contributed by atoms with Crippen LogP contribution in [0.1, 0.15) is 25.8 Å². The van der Waals surface area contributed by atoms with E-state index in [1.807, 2.05) is 19.9 Å². The normalized spacial score (nSPS) is 11.4. The molecular formula is C16H26FN3O2. The Hall–Kier alpha value is -1.82. The first-order chi connectivity index (χ1) is 10.7. The third kappa shape index (κ3) is 6.76. The van der Waals surface area contributed by atoms with Gasteiger partial charge in [0.15, 0.2) is 17.5 Å². The molecule has 0 spiro atoms. The fourth-order valence-corrected chi connectivity index (χ4v) is 1.85. The minimum atomic E-state index is -0.370. The number of halogens is 1. The van der Waals surface area contributed by atoms with Crippen LogP contribution < -0.4 is 15.4 Å². The van der Waals surface area contributed by atoms with Gasteiger partial charge in [0.2, 0.25) is 0 Å². The van der Waals surface area contributed by atoms with Crippen LogP contribution in [0, 0.1) is 5.82 Å². The van der Waals surface area contributed by atoms with Gasteiger partial charge in [-0.3, -0.25) is 0 Å². The van der Waals surface area contributed by atoms with E-state index in [1.54, 1.807) is 6.07 Å². The van der Waals surface area contributed by atoms with Gasteiger partial charge in [0, 0.05) is 26.3 Å². The van der Waals surface area contributed by atoms with Crippen molar-refractivity contribution in [2.75, 3.05) is 33.4 Å². The van der Waals surface area contributed by atoms with Crippen molar-refractivity contribution >= 4 is 5.96 Å². The second-order valence-electron chi connectivity index (χ2n) is 4.64. The SMILES string of the molecule is CCNC(=NCc1ccc(OC)c(F)c1)NCCCOCC. The molecule has 0 aliphatic heterocycles. The summed E-state index contributed by atoms with van der Waals surface area (Å²) in [6, 6.07) is 4.87. The molecule has 0 aromatic heterocycles. The topological polar surface area (TPSA) is 54.9 Å². The van der Waals surface area contributed by atoms with Crippen LogP contribution in [0.15, 0.2) is 23.2 Å². The molecule has 22 heavy (non-hydrogen) atoms. The molecule has 0 heterocycles. The van der Waals surface area contributed by atoms with Crippen LogP contribution >= 0.6 is 0 Å². The molecule has 1 aromatic rings. The van der Waals surface area contributed by atoms with E-state index in [2.05, 4.69) is 15.6 Å². The molecule has 5 nitrogen and oxygen atoms in total. The minimum Gasteiger partial charge on any atom is -0.494 e. The number of methoxy groups -OCH3 is 1. The molecule has 124 valence electrons. The Morgan fingerprint density at radius 1 is 1.27 bits per heavy atom. The van der Waals surface area contributed by atoms with Gasteiger partial charge in [-0.25, -0.2) is 9.38 Å². The maximum absolute atomic E-state index is 13.6. The average Bonchev–Trinajstić information content (AvgIpc) is 2.52. The summed E-state index contributed by atoms with van der Waals surface area (Å²) in [4.78, 5) is 4.44. The minimum absolute atomic E-state index is 0.244. The second-order valence-corrected chi connectivity index (χ2v) is 4.64. The lowest BCUT2D eigenvalue weighted by molar-refractivity contribution is 0.145. The molecule has 1 rings (SSSR count). The van der Waals surface area contributed by atoms with Crippen molar-refractivity contribution in [1.82, 2.24) is 10.6 Å². The molecule has 0 bridgehead atoms. The monoisotopic (exact) mass is 311 g/mol. The molecule has 0 saturated carbocycles. The fraction of sp³-hybridized carbons (Fsp3) is 0.562. The van der Waals surface area contributed by atoms with Crippen LogP contribution in [0.5, 0.6) is 5.75 Å². The maximum atomic E-state index is 13.6. The molecule has 6 heteroatoms. The van der Waals surface area contributed by atoms with Gasteiger partial charge in [0.05, 0.1) is 13.7 Å². The Morgan fingerprint density at radius 3 is 2.73 bits per heavy atom. The molecule has 0 amide bonds. The molecule has 0 aliphatic rings. The number of nitrogens with zero attached hydrogens (tertiary/aromatic N) is 1. The van der Waals surface area contributed by atoms with Crippen molar-refractivity contribution in [1.29, 1.82) is 0 Å². The lowest BCUT2D eigenvalue weighted by Gasteiger charge is -2.11. The van der Waals surface area contributed by atoms with Crippen LogP contribution in [-0.2, 0) is 11.3 Å². The predicted molar refractivity (Wildman–Crippen MR) is 86.9 cm³/mol. The summed E-state index contributed by atoms with van der Waals surface area (Å²) in [7, 11) is 1.45. The van der Waals surface area contributed by atoms with Crippen LogP contribution in [0.2, 0.25) is 0 Å². The first-order valence-corrected chi connectivity index (χ1v) is 7.63. The third-order valence-corrected chi connectivity index (χ3v) is 2.94. The summed E-state index contributed by atoms with van der Waals surface area (Å²) < 4.78 is 23.8. The highest BCUT2D eigenvalue weighted by Gasteiger charge is 2.03. The van der Waals surface area contributed by atoms with E-state index >= 15 is 0 Å². The van der Waals surface area contributed by atoms with Crippen LogP contribution in [-0.4, -0.2) is 39.4 Å². The number of hydrogen-bond donors (Lipinski definition) is 2. The van der Waals surface area contributed by atoms with E-state index in [0.717, 1.165) is 44.2 Å². The van der Waals surface area contributed by atoms with Gasteiger partial charge < -0.3 is 20.1 Å². The Labute approximate surface area is 131 Å². The van der Waals surface area contributed by atoms with Crippen molar-refractivity contribution in [2.45, 2.75) is 26.8 Å². The number of ether oxygens (including phenoxy) is 2. The number of hydrogen-bond acceptors (Lipinski definition) is 3. The first kappa shape index (κ1) is 18.2. The zero-order valence-electron chi connectivity index (χ0n) is 13.6. The van der Waals surface area contributed by atoms with Gasteiger partial charge in [-0.1, -0.05) is 6.07 Å². The van der Waals surface area contributed by atoms with Gasteiger partial charge in [-0.2, -0.15) is 0 Å². The highest BCUT2D eigenvalue weighted by atomic mass is 19.1. The molecule has 0 radical (unpaired) electrons. The van der Waals surface area contributed by atoms with E-state index < -0.39 is 0 Å². The number of guanidine groups is 1. The summed E-state index contributed by atoms with van der Waals surface area (Å²) in [6.07, 6.45) is 0.912. The third-order valence-electron chi connectivity index (χ3n) is 2.94. The lowest BCUT2D eigenvalue weighted by Crippen LogP contribution is -2.38. The number of aliphatic imine (C=N–C) groups is 1. The zero-order chi connectivity index (χ0) is 16.2. The quantitative estimate of drug-likeness (QED) is 0.417. The summed E-state index contributed by atoms with van der Waals surface area (Å²) in [5.74, 6) is 0.591. The summed E-state index contributed by atoms with van der Waals surface area (Å²) >= 11 is 0. The standard InChI is InChI=1S/C16H26FN3O2/c1-4-18-16(19-9-6-10-22-5-2)20-12-13-7-8-15(21-3)14(17)11-13/h7-8,11H,4-6,9-10,12H2,1-3H3,(H2,18,19,20). The molecule has 0 aliphatic carbocycles. The fourth-order valence-electron chi connectivity index (χ4n) is 1.85. The first-order valence-electron chi connectivity index (χ1n) is 7.63. The average molecular weight is 311 g/mol. The molecular weight excluding hydrogens is 285 g/mol. The van der Waals surface area contributed by atoms with Crippen molar-refractivity contribution < 1.29 is 13.9 Å². The second kappa shape index (κ2) is 10.8. The van der Waals surface area contributed by atoms with Crippen molar-refractivity contribution in [3.05, 3.63) is 29.6 Å². The van der Waals surface area contributed by atoms with Crippen LogP contribution in [0.4, 0.5) is 4.39 Å². The Balaban J connectivity index is 2.52. The lowest BCUT2D eigenvalue weighted by atomic mass is 10.2. The Morgan fingerprint density at radius 2 is 2.09 bits per heavy atom. The van der Waals surface area contributed by atoms with E-state index in [1.165, 1.54) is 13.2 Å². The highest BCUT2D eigenvalue weighted by molar-refractivity contribution is 5.79. The summed E-state index contributed by atoms with van der Waals surface area (Å²) in [5.41, 5.74) is 0.796. The summed E-state index contributed by atoms with van der Waals surface area (Å²) in [5, 5.41) is 6.39. The Kier molecular flexibility index (Phi) is 8.98. The smallest absolute Gasteiger partial charge is 0.191 e. The summed E-state index contributed by atoms with van der Waals surface area (Å²) in [6.45, 7) is 7.40. The molecule has 0 saturated heterocycles. The maximum Gasteiger partial charge on any atom is 0.191 e. The van der Waals surface area contributed by atoms with Gasteiger partial charge in [0.1, 0.15) is 0 Å². The molecule has 2 N–H and O–H groups in total. The van der Waals surface area contributed by atoms with Crippen LogP contribution in [0.3, 0.4) is 0 Å². The number of benzene rings is 1. The van der Waals surface area contributed by atoms with Crippen LogP contribution in [0.25, 0.3) is 0 Å².